The van der Waals surface area contributed by atoms with Crippen LogP contribution in [0.4, 0.5) is 11.4 Å². The van der Waals surface area contributed by atoms with Gasteiger partial charge in [-0.15, -0.1) is 0 Å². The summed E-state index contributed by atoms with van der Waals surface area (Å²) in [4.78, 5) is 12.0. The van der Waals surface area contributed by atoms with Crippen LogP contribution in [0.1, 0.15) is 10.4 Å². The minimum absolute atomic E-state index is 0.238. The summed E-state index contributed by atoms with van der Waals surface area (Å²) in [5, 5.41) is 3.29. The van der Waals surface area contributed by atoms with Crippen LogP contribution in [-0.2, 0) is 0 Å². The second-order valence-electron chi connectivity index (χ2n) is 3.82. The van der Waals surface area contributed by atoms with Gasteiger partial charge in [0.15, 0.2) is 0 Å². The smallest absolute Gasteiger partial charge is 0.255 e. The van der Waals surface area contributed by atoms with Crippen LogP contribution in [0.15, 0.2) is 45.3 Å². The molecule has 98 valence electrons. The summed E-state index contributed by atoms with van der Waals surface area (Å²) in [6.07, 6.45) is 0. The Labute approximate surface area is 132 Å². The Morgan fingerprint density at radius 3 is 2.42 bits per heavy atom. The average Bonchev–Trinajstić information content (AvgIpc) is 2.37. The third kappa shape index (κ3) is 3.49. The number of carbonyl (C=O) groups is 1. The molecule has 19 heavy (non-hydrogen) atoms. The van der Waals surface area contributed by atoms with Gasteiger partial charge in [-0.25, -0.2) is 0 Å². The van der Waals surface area contributed by atoms with Crippen LogP contribution in [0.25, 0.3) is 0 Å². The number of carbonyl (C=O) groups excluding carboxylic acids is 1. The van der Waals surface area contributed by atoms with E-state index in [0.717, 1.165) is 8.95 Å². The molecule has 0 unspecified atom stereocenters. The van der Waals surface area contributed by atoms with Crippen molar-refractivity contribution in [1.29, 1.82) is 0 Å². The quantitative estimate of drug-likeness (QED) is 0.713. The van der Waals surface area contributed by atoms with Gasteiger partial charge in [-0.05, 0) is 68.3 Å². The van der Waals surface area contributed by atoms with E-state index in [0.29, 0.717) is 22.0 Å². The molecule has 6 heteroatoms. The van der Waals surface area contributed by atoms with Crippen molar-refractivity contribution in [2.45, 2.75) is 0 Å². The molecule has 3 N–H and O–H groups in total. The zero-order valence-electron chi connectivity index (χ0n) is 9.58. The third-order valence-electron chi connectivity index (χ3n) is 2.44. The molecule has 0 atom stereocenters. The number of nitrogen functional groups attached to an aromatic ring is 1. The van der Waals surface area contributed by atoms with Gasteiger partial charge in [0, 0.05) is 25.9 Å². The van der Waals surface area contributed by atoms with Gasteiger partial charge in [0.1, 0.15) is 0 Å². The molecule has 0 saturated heterocycles. The number of anilines is 2. The van der Waals surface area contributed by atoms with Gasteiger partial charge < -0.3 is 11.1 Å². The molecule has 2 rings (SSSR count). The predicted molar refractivity (Wildman–Crippen MR) is 85.7 cm³/mol. The molecule has 0 aliphatic rings. The Morgan fingerprint density at radius 1 is 1.11 bits per heavy atom. The summed E-state index contributed by atoms with van der Waals surface area (Å²) in [7, 11) is 0. The first-order valence-electron chi connectivity index (χ1n) is 5.29. The van der Waals surface area contributed by atoms with Gasteiger partial charge >= 0.3 is 0 Å². The molecule has 0 aliphatic carbocycles. The lowest BCUT2D eigenvalue weighted by molar-refractivity contribution is 0.102. The average molecular weight is 404 g/mol. The van der Waals surface area contributed by atoms with Crippen molar-refractivity contribution in [2.75, 3.05) is 11.1 Å². The van der Waals surface area contributed by atoms with Gasteiger partial charge in [-0.1, -0.05) is 11.6 Å². The zero-order valence-corrected chi connectivity index (χ0v) is 13.5. The fourth-order valence-electron chi connectivity index (χ4n) is 1.46. The van der Waals surface area contributed by atoms with Crippen molar-refractivity contribution in [3.8, 4) is 0 Å². The van der Waals surface area contributed by atoms with Crippen LogP contribution in [0.3, 0.4) is 0 Å². The van der Waals surface area contributed by atoms with Gasteiger partial charge in [0.05, 0.1) is 5.02 Å². The first-order valence-corrected chi connectivity index (χ1v) is 7.25. The van der Waals surface area contributed by atoms with E-state index in [1.165, 1.54) is 0 Å². The maximum atomic E-state index is 12.0. The lowest BCUT2D eigenvalue weighted by Gasteiger charge is -2.07. The van der Waals surface area contributed by atoms with Crippen molar-refractivity contribution in [3.63, 3.8) is 0 Å². The van der Waals surface area contributed by atoms with Gasteiger partial charge in [-0.2, -0.15) is 0 Å². The van der Waals surface area contributed by atoms with Crippen molar-refractivity contribution in [3.05, 3.63) is 55.9 Å². The Balaban J connectivity index is 2.20. The first kappa shape index (κ1) is 14.4. The van der Waals surface area contributed by atoms with Crippen molar-refractivity contribution >= 4 is 60.7 Å². The van der Waals surface area contributed by atoms with Crippen molar-refractivity contribution < 1.29 is 4.79 Å². The fraction of sp³-hybridized carbons (Fsp3) is 0. The number of halogens is 3. The maximum Gasteiger partial charge on any atom is 0.255 e. The Hall–Kier alpha value is -1.04. The number of amides is 1. The molecule has 0 fully saturated rings. The molecule has 0 saturated carbocycles. The van der Waals surface area contributed by atoms with Gasteiger partial charge in [0.2, 0.25) is 0 Å². The van der Waals surface area contributed by atoms with E-state index >= 15 is 0 Å². The molecular formula is C13H9Br2ClN2O. The molecular weight excluding hydrogens is 395 g/mol. The van der Waals surface area contributed by atoms with E-state index in [9.17, 15) is 4.79 Å². The number of rotatable bonds is 2. The Bertz CT molecular complexity index is 647. The minimum Gasteiger partial charge on any atom is -0.398 e. The number of benzene rings is 2. The summed E-state index contributed by atoms with van der Waals surface area (Å²) in [5.74, 6) is -0.238. The molecule has 1 amide bonds. The Morgan fingerprint density at radius 2 is 1.79 bits per heavy atom. The van der Waals surface area contributed by atoms with Crippen molar-refractivity contribution in [1.82, 2.24) is 0 Å². The SMILES string of the molecule is Nc1cc(C(=O)Nc2ccc(Br)c(Cl)c2)ccc1Br. The summed E-state index contributed by atoms with van der Waals surface area (Å²) < 4.78 is 1.54. The highest BCUT2D eigenvalue weighted by Crippen LogP contribution is 2.26. The number of nitrogens with two attached hydrogens (primary N) is 1. The largest absolute Gasteiger partial charge is 0.398 e. The Kier molecular flexibility index (Phi) is 4.50. The van der Waals surface area contributed by atoms with E-state index < -0.39 is 0 Å². The fourth-order valence-corrected chi connectivity index (χ4v) is 2.14. The summed E-state index contributed by atoms with van der Waals surface area (Å²) in [6.45, 7) is 0. The van der Waals surface area contributed by atoms with Crippen LogP contribution < -0.4 is 11.1 Å². The van der Waals surface area contributed by atoms with Crippen molar-refractivity contribution in [2.24, 2.45) is 0 Å². The number of hydrogen-bond donors (Lipinski definition) is 2. The van der Waals surface area contributed by atoms with E-state index in [2.05, 4.69) is 37.2 Å². The molecule has 0 bridgehead atoms. The number of hydrogen-bond acceptors (Lipinski definition) is 2. The molecule has 2 aromatic carbocycles. The normalized spacial score (nSPS) is 10.3. The standard InChI is InChI=1S/C13H9Br2ClN2O/c14-9-4-2-8(6-11(9)16)18-13(19)7-1-3-10(15)12(17)5-7/h1-6H,17H2,(H,18,19). The lowest BCUT2D eigenvalue weighted by atomic mass is 10.2. The van der Waals surface area contributed by atoms with E-state index in [4.69, 9.17) is 17.3 Å². The zero-order chi connectivity index (χ0) is 14.0. The molecule has 0 radical (unpaired) electrons. The molecule has 0 spiro atoms. The monoisotopic (exact) mass is 402 g/mol. The maximum absolute atomic E-state index is 12.0. The van der Waals surface area contributed by atoms with E-state index in [1.54, 1.807) is 36.4 Å². The first-order chi connectivity index (χ1) is 8.97. The third-order valence-corrected chi connectivity index (χ3v) is 4.39. The lowest BCUT2D eigenvalue weighted by Crippen LogP contribution is -2.12. The molecule has 0 aliphatic heterocycles. The second-order valence-corrected chi connectivity index (χ2v) is 5.94. The highest BCUT2D eigenvalue weighted by Gasteiger charge is 2.08. The summed E-state index contributed by atoms with van der Waals surface area (Å²) in [6, 6.07) is 10.2. The highest BCUT2D eigenvalue weighted by atomic mass is 79.9. The van der Waals surface area contributed by atoms with Gasteiger partial charge in [-0.3, -0.25) is 4.79 Å². The predicted octanol–water partition coefficient (Wildman–Crippen LogP) is 4.70. The van der Waals surface area contributed by atoms with Crippen LogP contribution in [0, 0.1) is 0 Å². The van der Waals surface area contributed by atoms with Crippen LogP contribution >= 0.6 is 43.5 Å². The topological polar surface area (TPSA) is 55.1 Å². The summed E-state index contributed by atoms with van der Waals surface area (Å²) in [5.41, 5.74) is 7.37. The van der Waals surface area contributed by atoms with E-state index in [-0.39, 0.29) is 5.91 Å². The molecule has 2 aromatic rings. The minimum atomic E-state index is -0.238. The molecule has 0 heterocycles. The number of nitrogens with one attached hydrogen (secondary N) is 1. The van der Waals surface area contributed by atoms with Crippen LogP contribution in [0.2, 0.25) is 5.02 Å². The highest BCUT2D eigenvalue weighted by molar-refractivity contribution is 9.11. The molecule has 3 nitrogen and oxygen atoms in total. The second kappa shape index (κ2) is 5.94. The van der Waals surface area contributed by atoms with Gasteiger partial charge in [0.25, 0.3) is 5.91 Å². The van der Waals surface area contributed by atoms with E-state index in [1.807, 2.05) is 0 Å². The van der Waals surface area contributed by atoms with Crippen LogP contribution in [-0.4, -0.2) is 5.91 Å². The summed E-state index contributed by atoms with van der Waals surface area (Å²) >= 11 is 12.5. The van der Waals surface area contributed by atoms with Crippen LogP contribution in [0.5, 0.6) is 0 Å². The molecule has 0 aromatic heterocycles.